The Kier molecular flexibility index (Phi) is 4.07. The van der Waals surface area contributed by atoms with Gasteiger partial charge in [-0.2, -0.15) is 0 Å². The van der Waals surface area contributed by atoms with Crippen LogP contribution in [0, 0.1) is 0 Å². The quantitative estimate of drug-likeness (QED) is 0.882. The first-order valence-electron chi connectivity index (χ1n) is 7.90. The molecule has 2 aliphatic rings. The summed E-state index contributed by atoms with van der Waals surface area (Å²) in [6, 6.07) is 7.15. The number of nitrogens with one attached hydrogen (secondary N) is 1. The van der Waals surface area contributed by atoms with Crippen molar-refractivity contribution in [3.8, 4) is 5.75 Å². The van der Waals surface area contributed by atoms with Gasteiger partial charge in [-0.25, -0.2) is 0 Å². The van der Waals surface area contributed by atoms with Crippen molar-refractivity contribution in [2.24, 2.45) is 0 Å². The van der Waals surface area contributed by atoms with Gasteiger partial charge in [0, 0.05) is 6.04 Å². The predicted octanol–water partition coefficient (Wildman–Crippen LogP) is 3.99. The molecule has 3 rings (SSSR count). The molecular formula is C17H25NO. The van der Waals surface area contributed by atoms with Gasteiger partial charge >= 0.3 is 0 Å². The van der Waals surface area contributed by atoms with Crippen LogP contribution in [-0.2, 0) is 6.42 Å². The van der Waals surface area contributed by atoms with E-state index in [4.69, 9.17) is 4.74 Å². The molecule has 0 saturated heterocycles. The summed E-state index contributed by atoms with van der Waals surface area (Å²) < 4.78 is 6.27. The summed E-state index contributed by atoms with van der Waals surface area (Å²) in [5, 5.41) is 3.61. The first-order valence-corrected chi connectivity index (χ1v) is 7.90. The standard InChI is InChI=1S/C17H25NO/c1-2-18-16-11-5-10-15-14(16)9-6-12-17(15)19-13-7-3-4-8-13/h6,9,12-13,16,18H,2-5,7-8,10-11H2,1H3. The molecule has 1 unspecified atom stereocenters. The van der Waals surface area contributed by atoms with Gasteiger partial charge in [0.25, 0.3) is 0 Å². The molecule has 2 aliphatic carbocycles. The lowest BCUT2D eigenvalue weighted by Gasteiger charge is -2.28. The van der Waals surface area contributed by atoms with Crippen molar-refractivity contribution in [3.05, 3.63) is 29.3 Å². The highest BCUT2D eigenvalue weighted by Gasteiger charge is 2.24. The maximum Gasteiger partial charge on any atom is 0.123 e. The minimum absolute atomic E-state index is 0.464. The highest BCUT2D eigenvalue weighted by molar-refractivity contribution is 5.43. The smallest absolute Gasteiger partial charge is 0.123 e. The maximum atomic E-state index is 6.27. The van der Waals surface area contributed by atoms with E-state index >= 15 is 0 Å². The van der Waals surface area contributed by atoms with E-state index in [0.29, 0.717) is 12.1 Å². The van der Waals surface area contributed by atoms with Crippen LogP contribution >= 0.6 is 0 Å². The third-order valence-corrected chi connectivity index (χ3v) is 4.51. The summed E-state index contributed by atoms with van der Waals surface area (Å²) in [7, 11) is 0. The van der Waals surface area contributed by atoms with Gasteiger partial charge < -0.3 is 10.1 Å². The number of fused-ring (bicyclic) bond motifs is 1. The van der Waals surface area contributed by atoms with Crippen LogP contribution < -0.4 is 10.1 Å². The molecule has 0 spiro atoms. The van der Waals surface area contributed by atoms with E-state index in [9.17, 15) is 0 Å². The Balaban J connectivity index is 1.83. The minimum Gasteiger partial charge on any atom is -0.490 e. The van der Waals surface area contributed by atoms with Crippen molar-refractivity contribution in [2.75, 3.05) is 6.54 Å². The molecule has 0 radical (unpaired) electrons. The first-order chi connectivity index (χ1) is 9.38. The van der Waals surface area contributed by atoms with Gasteiger partial charge in [0.15, 0.2) is 0 Å². The van der Waals surface area contributed by atoms with Crippen LogP contribution in [0.1, 0.15) is 62.6 Å². The van der Waals surface area contributed by atoms with E-state index in [1.807, 2.05) is 0 Å². The van der Waals surface area contributed by atoms with Gasteiger partial charge in [-0.1, -0.05) is 19.1 Å². The predicted molar refractivity (Wildman–Crippen MR) is 78.7 cm³/mol. The van der Waals surface area contributed by atoms with E-state index in [1.54, 1.807) is 0 Å². The van der Waals surface area contributed by atoms with Crippen molar-refractivity contribution in [1.29, 1.82) is 0 Å². The maximum absolute atomic E-state index is 6.27. The zero-order chi connectivity index (χ0) is 13.1. The highest BCUT2D eigenvalue weighted by Crippen LogP contribution is 2.36. The Morgan fingerprint density at radius 3 is 2.79 bits per heavy atom. The third-order valence-electron chi connectivity index (χ3n) is 4.51. The molecule has 0 bridgehead atoms. The summed E-state index contributed by atoms with van der Waals surface area (Å²) in [5.41, 5.74) is 2.94. The molecule has 0 amide bonds. The monoisotopic (exact) mass is 259 g/mol. The Bertz CT molecular complexity index is 423. The molecule has 19 heavy (non-hydrogen) atoms. The van der Waals surface area contributed by atoms with Crippen molar-refractivity contribution in [2.45, 2.75) is 64.0 Å². The number of ether oxygens (including phenoxy) is 1. The van der Waals surface area contributed by atoms with Crippen molar-refractivity contribution >= 4 is 0 Å². The van der Waals surface area contributed by atoms with Gasteiger partial charge in [-0.3, -0.25) is 0 Å². The normalized spacial score (nSPS) is 23.3. The second-order valence-electron chi connectivity index (χ2n) is 5.85. The highest BCUT2D eigenvalue weighted by atomic mass is 16.5. The molecular weight excluding hydrogens is 234 g/mol. The molecule has 2 heteroatoms. The van der Waals surface area contributed by atoms with E-state index in [1.165, 1.54) is 56.1 Å². The van der Waals surface area contributed by atoms with Crippen LogP contribution in [0.5, 0.6) is 5.75 Å². The Morgan fingerprint density at radius 1 is 1.16 bits per heavy atom. The number of hydrogen-bond donors (Lipinski definition) is 1. The largest absolute Gasteiger partial charge is 0.490 e. The fourth-order valence-corrected chi connectivity index (χ4v) is 3.57. The third kappa shape index (κ3) is 2.79. The van der Waals surface area contributed by atoms with Crippen LogP contribution in [-0.4, -0.2) is 12.6 Å². The minimum atomic E-state index is 0.464. The summed E-state index contributed by atoms with van der Waals surface area (Å²) in [6.45, 7) is 3.23. The summed E-state index contributed by atoms with van der Waals surface area (Å²) >= 11 is 0. The fourth-order valence-electron chi connectivity index (χ4n) is 3.57. The van der Waals surface area contributed by atoms with Gasteiger partial charge in [-0.05, 0) is 68.7 Å². The summed E-state index contributed by atoms with van der Waals surface area (Å²) in [4.78, 5) is 0. The van der Waals surface area contributed by atoms with Crippen LogP contribution in [0.15, 0.2) is 18.2 Å². The topological polar surface area (TPSA) is 21.3 Å². The first kappa shape index (κ1) is 13.0. The number of rotatable bonds is 4. The molecule has 104 valence electrons. The van der Waals surface area contributed by atoms with Crippen LogP contribution in [0.2, 0.25) is 0 Å². The molecule has 1 aromatic rings. The van der Waals surface area contributed by atoms with Gasteiger partial charge in [0.05, 0.1) is 6.10 Å². The van der Waals surface area contributed by atoms with Crippen LogP contribution in [0.3, 0.4) is 0 Å². The van der Waals surface area contributed by atoms with Gasteiger partial charge in [-0.15, -0.1) is 0 Å². The number of hydrogen-bond acceptors (Lipinski definition) is 2. The summed E-state index contributed by atoms with van der Waals surface area (Å²) in [6.07, 6.45) is 9.31. The lowest BCUT2D eigenvalue weighted by molar-refractivity contribution is 0.206. The average molecular weight is 259 g/mol. The second-order valence-corrected chi connectivity index (χ2v) is 5.85. The molecule has 0 aliphatic heterocycles. The molecule has 1 saturated carbocycles. The Labute approximate surface area is 116 Å². The molecule has 2 nitrogen and oxygen atoms in total. The van der Waals surface area contributed by atoms with Crippen molar-refractivity contribution in [3.63, 3.8) is 0 Å². The average Bonchev–Trinajstić information content (AvgIpc) is 2.93. The van der Waals surface area contributed by atoms with E-state index in [-0.39, 0.29) is 0 Å². The zero-order valence-electron chi connectivity index (χ0n) is 12.0. The van der Waals surface area contributed by atoms with E-state index in [0.717, 1.165) is 12.3 Å². The SMILES string of the molecule is CCNC1CCCc2c(OC3CCCC3)cccc21. The second kappa shape index (κ2) is 5.96. The summed E-state index contributed by atoms with van der Waals surface area (Å²) in [5.74, 6) is 1.16. The van der Waals surface area contributed by atoms with Crippen molar-refractivity contribution < 1.29 is 4.74 Å². The molecule has 1 aromatic carbocycles. The molecule has 0 heterocycles. The van der Waals surface area contributed by atoms with Crippen LogP contribution in [0.4, 0.5) is 0 Å². The molecule has 1 N–H and O–H groups in total. The van der Waals surface area contributed by atoms with Crippen LogP contribution in [0.25, 0.3) is 0 Å². The molecule has 1 fully saturated rings. The van der Waals surface area contributed by atoms with Crippen molar-refractivity contribution in [1.82, 2.24) is 5.32 Å². The lowest BCUT2D eigenvalue weighted by atomic mass is 9.87. The molecule has 1 atom stereocenters. The Hall–Kier alpha value is -1.02. The Morgan fingerprint density at radius 2 is 2.00 bits per heavy atom. The molecule has 0 aromatic heterocycles. The van der Waals surface area contributed by atoms with Gasteiger partial charge in [0.2, 0.25) is 0 Å². The number of benzene rings is 1. The van der Waals surface area contributed by atoms with E-state index < -0.39 is 0 Å². The van der Waals surface area contributed by atoms with E-state index in [2.05, 4.69) is 30.4 Å². The lowest BCUT2D eigenvalue weighted by Crippen LogP contribution is -2.25. The zero-order valence-corrected chi connectivity index (χ0v) is 12.0. The fraction of sp³-hybridized carbons (Fsp3) is 0.647. The van der Waals surface area contributed by atoms with Gasteiger partial charge in [0.1, 0.15) is 5.75 Å².